The Bertz CT molecular complexity index is 425. The van der Waals surface area contributed by atoms with E-state index >= 15 is 0 Å². The molecule has 1 rings (SSSR count). The summed E-state index contributed by atoms with van der Waals surface area (Å²) in [5.74, 6) is 0. The molecule has 5 heteroatoms. The predicted octanol–water partition coefficient (Wildman–Crippen LogP) is 3.24. The summed E-state index contributed by atoms with van der Waals surface area (Å²) in [5.41, 5.74) is 1.58. The second-order valence-corrected chi connectivity index (χ2v) is 25.8. The van der Waals surface area contributed by atoms with Gasteiger partial charge in [-0.3, -0.25) is 0 Å². The Hall–Kier alpha value is 1.03. The summed E-state index contributed by atoms with van der Waals surface area (Å²) >= 11 is -0.298. The molecule has 0 aliphatic carbocycles. The molecule has 114 valence electrons. The SMILES string of the molecule is CN(C)Cc1cccc[c]1[Sb][CH]([Si](C)(C)C)[Si](C)(C)C.[Li]. The summed E-state index contributed by atoms with van der Waals surface area (Å²) in [5, 5.41) is 0. The van der Waals surface area contributed by atoms with Crippen molar-refractivity contribution < 1.29 is 0 Å². The van der Waals surface area contributed by atoms with Crippen LogP contribution in [-0.4, -0.2) is 75.6 Å². The van der Waals surface area contributed by atoms with Crippen molar-refractivity contribution in [3.63, 3.8) is 0 Å². The number of hydrogen-bond acceptors (Lipinski definition) is 1. The summed E-state index contributed by atoms with van der Waals surface area (Å²) in [6.07, 6.45) is 0. The predicted molar refractivity (Wildman–Crippen MR) is 105 cm³/mol. The van der Waals surface area contributed by atoms with Crippen LogP contribution in [0.5, 0.6) is 0 Å². The standard InChI is InChI=1S/C9H12N.C7H19Si2.Li.Sb/c1-10(2)8-9-6-4-3-5-7-9;1-8(2,3)7-9(4,5)6;;/h3-6H,8H2,1-2H3;7H,1-6H3;;. The fourth-order valence-electron chi connectivity index (χ4n) is 2.94. The maximum Gasteiger partial charge on any atom is 0 e. The van der Waals surface area contributed by atoms with Crippen LogP contribution < -0.4 is 3.51 Å². The quantitative estimate of drug-likeness (QED) is 0.637. The zero-order valence-corrected chi connectivity index (χ0v) is 20.0. The van der Waals surface area contributed by atoms with Crippen molar-refractivity contribution in [3.05, 3.63) is 29.8 Å². The summed E-state index contributed by atoms with van der Waals surface area (Å²) in [6.45, 7) is 16.6. The van der Waals surface area contributed by atoms with Crippen LogP contribution in [-0.2, 0) is 6.54 Å². The minimum absolute atomic E-state index is 0. The Labute approximate surface area is 157 Å². The minimum atomic E-state index is -1.05. The molecule has 0 N–H and O–H groups in total. The monoisotopic (exact) mass is 421 g/mol. The van der Waals surface area contributed by atoms with Crippen LogP contribution in [0.2, 0.25) is 42.4 Å². The summed E-state index contributed by atoms with van der Waals surface area (Å²) in [7, 11) is 2.24. The van der Waals surface area contributed by atoms with E-state index in [1.165, 1.54) is 0 Å². The molecular weight excluding hydrogens is 391 g/mol. The smallest absolute Gasteiger partial charge is 0 e. The minimum Gasteiger partial charge on any atom is 0 e. The molecule has 0 amide bonds. The first-order chi connectivity index (χ1) is 9.01. The number of rotatable bonds is 6. The molecule has 1 nitrogen and oxygen atoms in total. The molecule has 0 fully saturated rings. The third kappa shape index (κ3) is 7.42. The molecule has 0 heterocycles. The van der Waals surface area contributed by atoms with Crippen molar-refractivity contribution in [2.45, 2.75) is 48.9 Å². The Morgan fingerprint density at radius 1 is 0.952 bits per heavy atom. The van der Waals surface area contributed by atoms with Gasteiger partial charge in [-0.15, -0.1) is 0 Å². The van der Waals surface area contributed by atoms with Gasteiger partial charge in [-0.05, 0) is 0 Å². The zero-order valence-electron chi connectivity index (χ0n) is 15.5. The fourth-order valence-corrected chi connectivity index (χ4v) is 24.8. The van der Waals surface area contributed by atoms with Gasteiger partial charge in [0.05, 0.1) is 0 Å². The first kappa shape index (κ1) is 22.0. The Morgan fingerprint density at radius 2 is 1.43 bits per heavy atom. The summed E-state index contributed by atoms with van der Waals surface area (Å²) in [4.78, 5) is 2.30. The van der Waals surface area contributed by atoms with Crippen LogP contribution in [0.15, 0.2) is 24.3 Å². The molecule has 0 saturated carbocycles. The van der Waals surface area contributed by atoms with Crippen molar-refractivity contribution in [2.75, 3.05) is 14.1 Å². The summed E-state index contributed by atoms with van der Waals surface area (Å²) in [6, 6.07) is 9.21. The van der Waals surface area contributed by atoms with Crippen LogP contribution in [0.1, 0.15) is 5.56 Å². The first-order valence-electron chi connectivity index (χ1n) is 7.45. The zero-order chi connectivity index (χ0) is 15.6. The van der Waals surface area contributed by atoms with Crippen molar-refractivity contribution >= 4 is 60.1 Å². The van der Waals surface area contributed by atoms with E-state index in [-0.39, 0.29) is 40.5 Å². The molecule has 2 radical (unpaired) electrons. The molecule has 0 aromatic heterocycles. The van der Waals surface area contributed by atoms with Gasteiger partial charge in [0.25, 0.3) is 0 Å². The molecule has 0 spiro atoms. The molecule has 0 unspecified atom stereocenters. The van der Waals surface area contributed by atoms with Crippen LogP contribution in [0.4, 0.5) is 0 Å². The average molecular weight is 422 g/mol. The van der Waals surface area contributed by atoms with E-state index in [0.29, 0.717) is 0 Å². The first-order valence-corrected chi connectivity index (χ1v) is 17.4. The Kier molecular flexibility index (Phi) is 9.19. The Balaban J connectivity index is 0.00000400. The van der Waals surface area contributed by atoms with Crippen molar-refractivity contribution in [2.24, 2.45) is 0 Å². The van der Waals surface area contributed by atoms with E-state index in [2.05, 4.69) is 82.5 Å². The average Bonchev–Trinajstić information content (AvgIpc) is 2.23. The van der Waals surface area contributed by atoms with Gasteiger partial charge < -0.3 is 0 Å². The second-order valence-electron chi connectivity index (χ2n) is 8.13. The molecule has 1 aromatic rings. The number of hydrogen-bond donors (Lipinski definition) is 0. The maximum atomic E-state index is 2.58. The van der Waals surface area contributed by atoms with Crippen molar-refractivity contribution in [1.82, 2.24) is 4.90 Å². The second kappa shape index (κ2) is 8.76. The molecule has 0 saturated heterocycles. The molecule has 1 aromatic carbocycles. The largest absolute Gasteiger partial charge is 0 e. The molecule has 0 bridgehead atoms. The van der Waals surface area contributed by atoms with E-state index in [9.17, 15) is 0 Å². The molecule has 21 heavy (non-hydrogen) atoms. The van der Waals surface area contributed by atoms with Gasteiger partial charge in [0, 0.05) is 18.9 Å². The van der Waals surface area contributed by atoms with Crippen LogP contribution in [0.25, 0.3) is 0 Å². The molecule has 0 aliphatic heterocycles. The molecular formula is C16H31LiNSbSi2. The van der Waals surface area contributed by atoms with Crippen LogP contribution in [0.3, 0.4) is 0 Å². The molecule has 0 atom stereocenters. The fraction of sp³-hybridized carbons (Fsp3) is 0.625. The van der Waals surface area contributed by atoms with Crippen molar-refractivity contribution in [3.8, 4) is 0 Å². The van der Waals surface area contributed by atoms with E-state index in [1.54, 1.807) is 9.07 Å². The van der Waals surface area contributed by atoms with E-state index in [1.807, 2.05) is 0 Å². The van der Waals surface area contributed by atoms with Crippen LogP contribution >= 0.6 is 0 Å². The maximum absolute atomic E-state index is 2.58. The topological polar surface area (TPSA) is 3.24 Å². The van der Waals surface area contributed by atoms with Gasteiger partial charge in [-0.1, -0.05) is 0 Å². The van der Waals surface area contributed by atoms with Gasteiger partial charge in [-0.2, -0.15) is 0 Å². The van der Waals surface area contributed by atoms with Gasteiger partial charge in [-0.25, -0.2) is 0 Å². The van der Waals surface area contributed by atoms with Gasteiger partial charge in [0.2, 0.25) is 0 Å². The summed E-state index contributed by atoms with van der Waals surface area (Å²) < 4.78 is 2.82. The molecule has 0 aliphatic rings. The number of nitrogens with zero attached hydrogens (tertiary/aromatic N) is 1. The number of benzene rings is 1. The third-order valence-electron chi connectivity index (χ3n) is 3.39. The normalized spacial score (nSPS) is 12.7. The third-order valence-corrected chi connectivity index (χ3v) is 29.6. The van der Waals surface area contributed by atoms with E-state index in [4.69, 9.17) is 0 Å². The van der Waals surface area contributed by atoms with Gasteiger partial charge in [0.1, 0.15) is 0 Å². The van der Waals surface area contributed by atoms with Gasteiger partial charge in [0.15, 0.2) is 0 Å². The van der Waals surface area contributed by atoms with Crippen molar-refractivity contribution in [1.29, 1.82) is 0 Å². The van der Waals surface area contributed by atoms with E-state index in [0.717, 1.165) is 9.66 Å². The van der Waals surface area contributed by atoms with Gasteiger partial charge >= 0.3 is 139 Å². The Morgan fingerprint density at radius 3 is 1.86 bits per heavy atom. The van der Waals surface area contributed by atoms with Crippen LogP contribution in [0, 0.1) is 0 Å². The van der Waals surface area contributed by atoms with E-state index < -0.39 is 16.1 Å².